The van der Waals surface area contributed by atoms with E-state index in [9.17, 15) is 0 Å². The summed E-state index contributed by atoms with van der Waals surface area (Å²) in [5, 5.41) is 1.00. The van der Waals surface area contributed by atoms with Gasteiger partial charge in [0.15, 0.2) is 5.82 Å². The SMILES string of the molecule is Cc1cc(N)nc(-c2cnc(C)s2)n1. The van der Waals surface area contributed by atoms with Crippen molar-refractivity contribution in [3.8, 4) is 10.7 Å². The van der Waals surface area contributed by atoms with Gasteiger partial charge < -0.3 is 5.73 Å². The van der Waals surface area contributed by atoms with E-state index in [1.165, 1.54) is 0 Å². The second-order valence-corrected chi connectivity index (χ2v) is 4.24. The van der Waals surface area contributed by atoms with Crippen LogP contribution in [0.4, 0.5) is 5.82 Å². The Morgan fingerprint density at radius 3 is 2.64 bits per heavy atom. The summed E-state index contributed by atoms with van der Waals surface area (Å²) in [6, 6.07) is 1.75. The van der Waals surface area contributed by atoms with E-state index >= 15 is 0 Å². The molecule has 0 aliphatic carbocycles. The molecule has 0 unspecified atom stereocenters. The molecule has 0 aliphatic rings. The molecule has 0 saturated carbocycles. The summed E-state index contributed by atoms with van der Waals surface area (Å²) in [5.74, 6) is 1.16. The van der Waals surface area contributed by atoms with Crippen molar-refractivity contribution in [2.75, 3.05) is 5.73 Å². The Bertz CT molecular complexity index is 443. The number of aryl methyl sites for hydroxylation is 2. The van der Waals surface area contributed by atoms with Gasteiger partial charge in [-0.15, -0.1) is 11.3 Å². The van der Waals surface area contributed by atoms with E-state index in [1.54, 1.807) is 23.6 Å². The molecule has 2 heterocycles. The van der Waals surface area contributed by atoms with Crippen molar-refractivity contribution in [3.05, 3.63) is 23.0 Å². The molecule has 2 aromatic heterocycles. The maximum absolute atomic E-state index is 5.64. The van der Waals surface area contributed by atoms with Gasteiger partial charge in [-0.3, -0.25) is 0 Å². The average Bonchev–Trinajstić information content (AvgIpc) is 2.50. The third kappa shape index (κ3) is 1.72. The van der Waals surface area contributed by atoms with Gasteiger partial charge in [-0.1, -0.05) is 0 Å². The largest absolute Gasteiger partial charge is 0.384 e. The fourth-order valence-corrected chi connectivity index (χ4v) is 1.88. The van der Waals surface area contributed by atoms with Crippen molar-refractivity contribution in [1.82, 2.24) is 15.0 Å². The fourth-order valence-electron chi connectivity index (χ4n) is 1.17. The summed E-state index contributed by atoms with van der Waals surface area (Å²) in [7, 11) is 0. The first kappa shape index (κ1) is 9.08. The first-order chi connectivity index (χ1) is 6.65. The number of hydrogen-bond acceptors (Lipinski definition) is 5. The van der Waals surface area contributed by atoms with Crippen LogP contribution in [0.3, 0.4) is 0 Å². The van der Waals surface area contributed by atoms with Gasteiger partial charge in [0, 0.05) is 18.0 Å². The quantitative estimate of drug-likeness (QED) is 0.772. The van der Waals surface area contributed by atoms with Crippen molar-refractivity contribution in [2.45, 2.75) is 13.8 Å². The molecule has 0 radical (unpaired) electrons. The topological polar surface area (TPSA) is 64.7 Å². The zero-order chi connectivity index (χ0) is 10.1. The lowest BCUT2D eigenvalue weighted by Gasteiger charge is -1.99. The average molecular weight is 206 g/mol. The Labute approximate surface area is 85.9 Å². The van der Waals surface area contributed by atoms with Gasteiger partial charge in [-0.2, -0.15) is 0 Å². The maximum Gasteiger partial charge on any atom is 0.173 e. The number of rotatable bonds is 1. The van der Waals surface area contributed by atoms with Crippen LogP contribution in [0, 0.1) is 13.8 Å². The molecule has 0 fully saturated rings. The van der Waals surface area contributed by atoms with Gasteiger partial charge in [0.25, 0.3) is 0 Å². The highest BCUT2D eigenvalue weighted by Crippen LogP contribution is 2.23. The van der Waals surface area contributed by atoms with Crippen LogP contribution in [0.25, 0.3) is 10.7 Å². The van der Waals surface area contributed by atoms with Gasteiger partial charge in [-0.25, -0.2) is 15.0 Å². The molecule has 0 atom stereocenters. The predicted molar refractivity (Wildman–Crippen MR) is 57.0 cm³/mol. The molecule has 0 aliphatic heterocycles. The normalized spacial score (nSPS) is 10.4. The summed E-state index contributed by atoms with van der Waals surface area (Å²) >= 11 is 1.57. The molecule has 2 aromatic rings. The molecular weight excluding hydrogens is 196 g/mol. The highest BCUT2D eigenvalue weighted by Gasteiger charge is 2.06. The Hall–Kier alpha value is -1.49. The lowest BCUT2D eigenvalue weighted by molar-refractivity contribution is 1.12. The maximum atomic E-state index is 5.64. The minimum Gasteiger partial charge on any atom is -0.384 e. The third-order valence-electron chi connectivity index (χ3n) is 1.72. The van der Waals surface area contributed by atoms with E-state index in [0.29, 0.717) is 11.6 Å². The van der Waals surface area contributed by atoms with Crippen LogP contribution in [0.2, 0.25) is 0 Å². The van der Waals surface area contributed by atoms with E-state index in [1.807, 2.05) is 13.8 Å². The summed E-state index contributed by atoms with van der Waals surface area (Å²) < 4.78 is 0. The molecule has 0 aromatic carbocycles. The number of thiazole rings is 1. The molecule has 14 heavy (non-hydrogen) atoms. The van der Waals surface area contributed by atoms with Crippen LogP contribution >= 0.6 is 11.3 Å². The second kappa shape index (κ2) is 3.34. The Kier molecular flexibility index (Phi) is 2.17. The van der Waals surface area contributed by atoms with E-state index < -0.39 is 0 Å². The Balaban J connectivity index is 2.51. The summed E-state index contributed by atoms with van der Waals surface area (Å²) in [5.41, 5.74) is 6.51. The monoisotopic (exact) mass is 206 g/mol. The van der Waals surface area contributed by atoms with E-state index in [2.05, 4.69) is 15.0 Å². The van der Waals surface area contributed by atoms with Crippen LogP contribution < -0.4 is 5.73 Å². The zero-order valence-corrected chi connectivity index (χ0v) is 8.80. The first-order valence-corrected chi connectivity index (χ1v) is 5.01. The van der Waals surface area contributed by atoms with Crippen LogP contribution in [0.1, 0.15) is 10.7 Å². The minimum absolute atomic E-state index is 0.499. The minimum atomic E-state index is 0.499. The summed E-state index contributed by atoms with van der Waals surface area (Å²) in [4.78, 5) is 13.6. The van der Waals surface area contributed by atoms with Crippen molar-refractivity contribution < 1.29 is 0 Å². The Morgan fingerprint density at radius 1 is 1.29 bits per heavy atom. The van der Waals surface area contributed by atoms with Gasteiger partial charge in [0.05, 0.1) is 9.88 Å². The third-order valence-corrected chi connectivity index (χ3v) is 2.62. The van der Waals surface area contributed by atoms with Crippen LogP contribution in [0.15, 0.2) is 12.3 Å². The molecule has 0 amide bonds. The highest BCUT2D eigenvalue weighted by molar-refractivity contribution is 7.14. The molecule has 0 spiro atoms. The molecule has 0 bridgehead atoms. The molecular formula is C9H10N4S. The smallest absolute Gasteiger partial charge is 0.173 e. The van der Waals surface area contributed by atoms with Crippen molar-refractivity contribution in [3.63, 3.8) is 0 Å². The van der Waals surface area contributed by atoms with Crippen molar-refractivity contribution in [1.29, 1.82) is 0 Å². The number of nitrogens with zero attached hydrogens (tertiary/aromatic N) is 3. The number of nitrogen functional groups attached to an aromatic ring is 1. The number of hydrogen-bond donors (Lipinski definition) is 1. The van der Waals surface area contributed by atoms with Gasteiger partial charge in [-0.05, 0) is 13.8 Å². The Morgan fingerprint density at radius 2 is 2.07 bits per heavy atom. The number of nitrogens with two attached hydrogens (primary N) is 1. The van der Waals surface area contributed by atoms with E-state index in [-0.39, 0.29) is 0 Å². The molecule has 2 rings (SSSR count). The molecule has 5 heteroatoms. The van der Waals surface area contributed by atoms with Crippen molar-refractivity contribution >= 4 is 17.2 Å². The fraction of sp³-hybridized carbons (Fsp3) is 0.222. The number of aromatic nitrogens is 3. The summed E-state index contributed by atoms with van der Waals surface area (Å²) in [6.45, 7) is 3.85. The van der Waals surface area contributed by atoms with Gasteiger partial charge in [0.2, 0.25) is 0 Å². The van der Waals surface area contributed by atoms with Crippen LogP contribution in [-0.4, -0.2) is 15.0 Å². The molecule has 4 nitrogen and oxygen atoms in total. The zero-order valence-electron chi connectivity index (χ0n) is 7.98. The standard InChI is InChI=1S/C9H10N4S/c1-5-3-8(10)13-9(12-5)7-4-11-6(2)14-7/h3-4H,1-2H3,(H2,10,12,13). The molecule has 72 valence electrons. The van der Waals surface area contributed by atoms with Gasteiger partial charge in [0.1, 0.15) is 5.82 Å². The van der Waals surface area contributed by atoms with E-state index in [4.69, 9.17) is 5.73 Å². The predicted octanol–water partition coefficient (Wildman–Crippen LogP) is 1.80. The highest BCUT2D eigenvalue weighted by atomic mass is 32.1. The molecule has 2 N–H and O–H groups in total. The van der Waals surface area contributed by atoms with Crippen molar-refractivity contribution in [2.24, 2.45) is 0 Å². The van der Waals surface area contributed by atoms with Gasteiger partial charge >= 0.3 is 0 Å². The second-order valence-electron chi connectivity index (χ2n) is 3.00. The van der Waals surface area contributed by atoms with Crippen LogP contribution in [-0.2, 0) is 0 Å². The van der Waals surface area contributed by atoms with E-state index in [0.717, 1.165) is 15.6 Å². The first-order valence-electron chi connectivity index (χ1n) is 4.19. The number of anilines is 1. The summed E-state index contributed by atoms with van der Waals surface area (Å²) in [6.07, 6.45) is 1.77. The molecule has 0 saturated heterocycles. The lowest BCUT2D eigenvalue weighted by Crippen LogP contribution is -1.96. The van der Waals surface area contributed by atoms with Crippen LogP contribution in [0.5, 0.6) is 0 Å². The lowest BCUT2D eigenvalue weighted by atomic mass is 10.4.